The van der Waals surface area contributed by atoms with Crippen LogP contribution in [0.1, 0.15) is 70.2 Å². The molecule has 1 saturated carbocycles. The highest BCUT2D eigenvalue weighted by atomic mass is 32.1. The van der Waals surface area contributed by atoms with Gasteiger partial charge in [0.2, 0.25) is 5.91 Å². The van der Waals surface area contributed by atoms with Gasteiger partial charge in [-0.2, -0.15) is 0 Å². The minimum atomic E-state index is -0.362. The molecule has 4 nitrogen and oxygen atoms in total. The summed E-state index contributed by atoms with van der Waals surface area (Å²) in [4.78, 5) is 29.2. The van der Waals surface area contributed by atoms with E-state index in [4.69, 9.17) is 4.74 Å². The average Bonchev–Trinajstić information content (AvgIpc) is 3.19. The summed E-state index contributed by atoms with van der Waals surface area (Å²) in [5.74, 6) is 0.557. The maximum absolute atomic E-state index is 13.6. The largest absolute Gasteiger partial charge is 0.462 e. The summed E-state index contributed by atoms with van der Waals surface area (Å²) in [5.41, 5.74) is 1.53. The lowest BCUT2D eigenvalue weighted by Gasteiger charge is -2.33. The second-order valence-electron chi connectivity index (χ2n) is 8.34. The average molecular weight is 428 g/mol. The first-order chi connectivity index (χ1) is 14.5. The maximum Gasteiger partial charge on any atom is 0.341 e. The van der Waals surface area contributed by atoms with Gasteiger partial charge >= 0.3 is 5.97 Å². The van der Waals surface area contributed by atoms with E-state index < -0.39 is 0 Å². The van der Waals surface area contributed by atoms with Crippen molar-refractivity contribution in [2.75, 3.05) is 11.5 Å². The van der Waals surface area contributed by atoms with E-state index in [1.54, 1.807) is 6.92 Å². The van der Waals surface area contributed by atoms with Crippen LogP contribution in [0.2, 0.25) is 0 Å². The minimum Gasteiger partial charge on any atom is -0.462 e. The van der Waals surface area contributed by atoms with Crippen molar-refractivity contribution >= 4 is 28.2 Å². The van der Waals surface area contributed by atoms with Gasteiger partial charge in [-0.25, -0.2) is 4.79 Å². The number of anilines is 1. The van der Waals surface area contributed by atoms with Gasteiger partial charge < -0.3 is 9.64 Å². The van der Waals surface area contributed by atoms with Gasteiger partial charge in [0.1, 0.15) is 5.00 Å². The van der Waals surface area contributed by atoms with Crippen LogP contribution in [0.5, 0.6) is 0 Å². The SMILES string of the molecule is CCOC(=O)c1cc(-c2ccccc2)sc1N(C(=O)[C@H]1CC[C@H](CC)CC1)C(C)C. The van der Waals surface area contributed by atoms with E-state index in [9.17, 15) is 9.59 Å². The number of carbonyl (C=O) groups excluding carboxylic acids is 2. The Kier molecular flexibility index (Phi) is 7.70. The van der Waals surface area contributed by atoms with E-state index in [2.05, 4.69) is 6.92 Å². The first-order valence-electron chi connectivity index (χ1n) is 11.2. The predicted octanol–water partition coefficient (Wildman–Crippen LogP) is 6.55. The standard InChI is InChI=1S/C25H33NO3S/c1-5-18-12-14-20(15-13-18)23(27)26(17(3)4)24-21(25(28)29-6-2)16-22(30-24)19-10-8-7-9-11-19/h7-11,16-18,20H,5-6,12-15H2,1-4H3/t18-,20-. The van der Waals surface area contributed by atoms with Gasteiger partial charge in [-0.1, -0.05) is 43.7 Å². The van der Waals surface area contributed by atoms with Crippen molar-refractivity contribution in [1.29, 1.82) is 0 Å². The van der Waals surface area contributed by atoms with E-state index in [0.29, 0.717) is 17.2 Å². The zero-order valence-electron chi connectivity index (χ0n) is 18.5. The first kappa shape index (κ1) is 22.5. The van der Waals surface area contributed by atoms with Crippen LogP contribution >= 0.6 is 11.3 Å². The summed E-state index contributed by atoms with van der Waals surface area (Å²) < 4.78 is 5.33. The quantitative estimate of drug-likeness (QED) is 0.471. The van der Waals surface area contributed by atoms with Crippen molar-refractivity contribution < 1.29 is 14.3 Å². The van der Waals surface area contributed by atoms with Crippen molar-refractivity contribution in [2.45, 2.75) is 65.8 Å². The summed E-state index contributed by atoms with van der Waals surface area (Å²) in [5, 5.41) is 0.713. The van der Waals surface area contributed by atoms with Crippen LogP contribution in [0.3, 0.4) is 0 Å². The van der Waals surface area contributed by atoms with Crippen molar-refractivity contribution in [2.24, 2.45) is 11.8 Å². The van der Waals surface area contributed by atoms with E-state index in [0.717, 1.165) is 42.0 Å². The summed E-state index contributed by atoms with van der Waals surface area (Å²) >= 11 is 1.50. The Morgan fingerprint density at radius 1 is 1.10 bits per heavy atom. The third-order valence-corrected chi connectivity index (χ3v) is 7.20. The molecule has 1 aliphatic rings. The van der Waals surface area contributed by atoms with Crippen LogP contribution in [-0.4, -0.2) is 24.5 Å². The molecule has 1 amide bonds. The second-order valence-corrected chi connectivity index (χ2v) is 9.37. The van der Waals surface area contributed by atoms with Gasteiger partial charge in [-0.3, -0.25) is 4.79 Å². The molecule has 1 heterocycles. The molecule has 162 valence electrons. The second kappa shape index (κ2) is 10.3. The number of benzene rings is 1. The Bertz CT molecular complexity index is 851. The normalized spacial score (nSPS) is 19.0. The molecule has 2 aromatic rings. The summed E-state index contributed by atoms with van der Waals surface area (Å²) in [7, 11) is 0. The van der Waals surface area contributed by atoms with Crippen molar-refractivity contribution in [3.8, 4) is 10.4 Å². The first-order valence-corrected chi connectivity index (χ1v) is 12.0. The van der Waals surface area contributed by atoms with Gasteiger partial charge in [0.25, 0.3) is 0 Å². The number of carbonyl (C=O) groups is 2. The molecule has 0 aliphatic heterocycles. The molecule has 1 aromatic carbocycles. The number of esters is 1. The summed E-state index contributed by atoms with van der Waals surface area (Å²) in [6, 6.07) is 11.8. The molecule has 0 radical (unpaired) electrons. The van der Waals surface area contributed by atoms with Crippen LogP contribution in [0.4, 0.5) is 5.00 Å². The lowest BCUT2D eigenvalue weighted by Crippen LogP contribution is -2.42. The van der Waals surface area contributed by atoms with Crippen LogP contribution in [-0.2, 0) is 9.53 Å². The van der Waals surface area contributed by atoms with E-state index in [1.807, 2.05) is 55.1 Å². The number of nitrogens with zero attached hydrogens (tertiary/aromatic N) is 1. The van der Waals surface area contributed by atoms with Crippen LogP contribution in [0.15, 0.2) is 36.4 Å². The Hall–Kier alpha value is -2.14. The molecular weight excluding hydrogens is 394 g/mol. The van der Waals surface area contributed by atoms with Crippen molar-refractivity contribution in [3.05, 3.63) is 42.0 Å². The van der Waals surface area contributed by atoms with Crippen molar-refractivity contribution in [1.82, 2.24) is 0 Å². The molecular formula is C25H33NO3S. The number of hydrogen-bond donors (Lipinski definition) is 0. The number of ether oxygens (including phenoxy) is 1. The molecule has 0 spiro atoms. The lowest BCUT2D eigenvalue weighted by molar-refractivity contribution is -0.123. The third-order valence-electron chi connectivity index (χ3n) is 6.01. The Labute approximate surface area is 184 Å². The van der Waals surface area contributed by atoms with Gasteiger partial charge in [-0.15, -0.1) is 11.3 Å². The molecule has 0 unspecified atom stereocenters. The van der Waals surface area contributed by atoms with E-state index >= 15 is 0 Å². The monoisotopic (exact) mass is 427 g/mol. The number of rotatable bonds is 7. The highest BCUT2D eigenvalue weighted by molar-refractivity contribution is 7.20. The van der Waals surface area contributed by atoms with Gasteiger partial charge in [0.15, 0.2) is 0 Å². The molecule has 1 fully saturated rings. The topological polar surface area (TPSA) is 46.6 Å². The fourth-order valence-corrected chi connectivity index (χ4v) is 5.55. The molecule has 5 heteroatoms. The van der Waals surface area contributed by atoms with Crippen LogP contribution in [0, 0.1) is 11.8 Å². The third kappa shape index (κ3) is 4.94. The number of thiophene rings is 1. The molecule has 0 N–H and O–H groups in total. The maximum atomic E-state index is 13.6. The highest BCUT2D eigenvalue weighted by Crippen LogP contribution is 2.41. The van der Waals surface area contributed by atoms with Crippen molar-refractivity contribution in [3.63, 3.8) is 0 Å². The number of hydrogen-bond acceptors (Lipinski definition) is 4. The van der Waals surface area contributed by atoms with E-state index in [1.165, 1.54) is 17.8 Å². The smallest absolute Gasteiger partial charge is 0.341 e. The Balaban J connectivity index is 1.97. The fourth-order valence-electron chi connectivity index (χ4n) is 4.26. The zero-order valence-corrected chi connectivity index (χ0v) is 19.3. The summed E-state index contributed by atoms with van der Waals surface area (Å²) in [6.45, 7) is 8.39. The zero-order chi connectivity index (χ0) is 21.7. The van der Waals surface area contributed by atoms with Gasteiger partial charge in [0, 0.05) is 16.8 Å². The predicted molar refractivity (Wildman–Crippen MR) is 124 cm³/mol. The molecule has 30 heavy (non-hydrogen) atoms. The molecule has 0 bridgehead atoms. The molecule has 0 saturated heterocycles. The Morgan fingerprint density at radius 3 is 2.33 bits per heavy atom. The van der Waals surface area contributed by atoms with E-state index in [-0.39, 0.29) is 23.8 Å². The summed E-state index contributed by atoms with van der Waals surface area (Å²) in [6.07, 6.45) is 5.29. The Morgan fingerprint density at radius 2 is 1.77 bits per heavy atom. The van der Waals surface area contributed by atoms with Gasteiger partial charge in [-0.05, 0) is 64.0 Å². The molecule has 1 aromatic heterocycles. The number of amides is 1. The van der Waals surface area contributed by atoms with Gasteiger partial charge in [0.05, 0.1) is 12.2 Å². The molecule has 0 atom stereocenters. The van der Waals surface area contributed by atoms with Crippen LogP contribution < -0.4 is 4.90 Å². The minimum absolute atomic E-state index is 0.0307. The highest BCUT2D eigenvalue weighted by Gasteiger charge is 2.34. The molecule has 3 rings (SSSR count). The lowest BCUT2D eigenvalue weighted by atomic mass is 9.80. The fraction of sp³-hybridized carbons (Fsp3) is 0.520. The molecule has 1 aliphatic carbocycles. The van der Waals surface area contributed by atoms with Crippen LogP contribution in [0.25, 0.3) is 10.4 Å².